The van der Waals surface area contributed by atoms with Gasteiger partial charge in [0.05, 0.1) is 0 Å². The van der Waals surface area contributed by atoms with Crippen LogP contribution in [0.25, 0.3) is 0 Å². The first-order valence-electron chi connectivity index (χ1n) is 7.13. The number of fused-ring (bicyclic) bond motifs is 1. The van der Waals surface area contributed by atoms with Crippen LogP contribution in [-0.2, 0) is 16.1 Å². The molecule has 2 fully saturated rings. The highest BCUT2D eigenvalue weighted by Gasteiger charge is 2.44. The predicted octanol–water partition coefficient (Wildman–Crippen LogP) is 0.917. The summed E-state index contributed by atoms with van der Waals surface area (Å²) in [4.78, 5) is 25.7. The van der Waals surface area contributed by atoms with Crippen LogP contribution < -0.4 is 10.6 Å². The molecule has 0 aliphatic carbocycles. The van der Waals surface area contributed by atoms with E-state index in [2.05, 4.69) is 10.6 Å². The first-order chi connectivity index (χ1) is 10.0. The molecule has 2 heterocycles. The van der Waals surface area contributed by atoms with Crippen molar-refractivity contribution in [3.63, 3.8) is 0 Å². The minimum atomic E-state index is -0.416. The van der Waals surface area contributed by atoms with Gasteiger partial charge >= 0.3 is 0 Å². The van der Waals surface area contributed by atoms with Gasteiger partial charge < -0.3 is 15.5 Å². The Morgan fingerprint density at radius 2 is 2.24 bits per heavy atom. The number of hydrogen-bond acceptors (Lipinski definition) is 3. The molecule has 0 saturated carbocycles. The average molecular weight is 308 g/mol. The molecule has 0 bridgehead atoms. The molecule has 1 aromatic rings. The normalized spacial score (nSPS) is 28.5. The maximum Gasteiger partial charge on any atom is 0.245 e. The van der Waals surface area contributed by atoms with E-state index in [0.717, 1.165) is 5.56 Å². The smallest absolute Gasteiger partial charge is 0.245 e. The molecule has 2 amide bonds. The number of hydrogen-bond donors (Lipinski definition) is 2. The van der Waals surface area contributed by atoms with Crippen LogP contribution in [0.3, 0.4) is 0 Å². The minimum Gasteiger partial charge on any atom is -0.343 e. The Balaban J connectivity index is 1.62. The fourth-order valence-corrected chi connectivity index (χ4v) is 3.22. The van der Waals surface area contributed by atoms with Crippen LogP contribution >= 0.6 is 11.6 Å². The van der Waals surface area contributed by atoms with Crippen LogP contribution in [0.2, 0.25) is 5.02 Å². The first-order valence-corrected chi connectivity index (χ1v) is 7.51. The molecule has 1 aromatic carbocycles. The van der Waals surface area contributed by atoms with Crippen LogP contribution in [0.1, 0.15) is 18.9 Å². The highest BCUT2D eigenvalue weighted by Crippen LogP contribution is 2.23. The second-order valence-electron chi connectivity index (χ2n) is 5.68. The van der Waals surface area contributed by atoms with E-state index in [-0.39, 0.29) is 23.9 Å². The second-order valence-corrected chi connectivity index (χ2v) is 6.12. The lowest BCUT2D eigenvalue weighted by Gasteiger charge is -2.32. The van der Waals surface area contributed by atoms with Gasteiger partial charge in [0.1, 0.15) is 12.1 Å². The molecular weight excluding hydrogens is 290 g/mol. The SMILES string of the molecule is C[C@H]1NC(=O)[C@@H]2C[C@H](NCc3cccc(Cl)c3)CN2C1=O. The van der Waals surface area contributed by atoms with E-state index in [4.69, 9.17) is 11.6 Å². The summed E-state index contributed by atoms with van der Waals surface area (Å²) in [5.74, 6) is -0.0409. The van der Waals surface area contributed by atoms with E-state index in [9.17, 15) is 9.59 Å². The monoisotopic (exact) mass is 307 g/mol. The van der Waals surface area contributed by atoms with Gasteiger partial charge in [-0.05, 0) is 31.0 Å². The third kappa shape index (κ3) is 2.89. The van der Waals surface area contributed by atoms with Gasteiger partial charge in [-0.3, -0.25) is 9.59 Å². The van der Waals surface area contributed by atoms with Gasteiger partial charge in [-0.25, -0.2) is 0 Å². The molecule has 21 heavy (non-hydrogen) atoms. The van der Waals surface area contributed by atoms with Gasteiger partial charge in [0.2, 0.25) is 11.8 Å². The van der Waals surface area contributed by atoms with Crippen molar-refractivity contribution in [3.8, 4) is 0 Å². The summed E-state index contributed by atoms with van der Waals surface area (Å²) in [5, 5.41) is 6.84. The summed E-state index contributed by atoms with van der Waals surface area (Å²) in [6, 6.07) is 7.05. The molecule has 2 aliphatic rings. The van der Waals surface area contributed by atoms with Crippen molar-refractivity contribution in [1.29, 1.82) is 0 Å². The Labute approximate surface area is 128 Å². The van der Waals surface area contributed by atoms with E-state index in [1.54, 1.807) is 11.8 Å². The molecule has 3 atom stereocenters. The van der Waals surface area contributed by atoms with Gasteiger partial charge in [0.25, 0.3) is 0 Å². The van der Waals surface area contributed by atoms with Crippen molar-refractivity contribution in [3.05, 3.63) is 34.9 Å². The molecule has 2 saturated heterocycles. The van der Waals surface area contributed by atoms with Gasteiger partial charge in [-0.15, -0.1) is 0 Å². The number of piperazine rings is 1. The topological polar surface area (TPSA) is 61.4 Å². The molecule has 3 rings (SSSR count). The van der Waals surface area contributed by atoms with E-state index in [1.807, 2.05) is 24.3 Å². The fourth-order valence-electron chi connectivity index (χ4n) is 3.01. The maximum atomic E-state index is 12.1. The zero-order valence-electron chi connectivity index (χ0n) is 11.8. The van der Waals surface area contributed by atoms with Crippen LogP contribution in [0.4, 0.5) is 0 Å². The molecule has 0 aromatic heterocycles. The molecule has 0 spiro atoms. The average Bonchev–Trinajstić information content (AvgIpc) is 2.88. The van der Waals surface area contributed by atoms with Crippen molar-refractivity contribution in [2.75, 3.05) is 6.54 Å². The Hall–Kier alpha value is -1.59. The summed E-state index contributed by atoms with van der Waals surface area (Å²) >= 11 is 5.96. The van der Waals surface area contributed by atoms with E-state index in [0.29, 0.717) is 24.5 Å². The molecule has 6 heteroatoms. The van der Waals surface area contributed by atoms with Crippen LogP contribution in [-0.4, -0.2) is 41.4 Å². The number of carbonyl (C=O) groups excluding carboxylic acids is 2. The highest BCUT2D eigenvalue weighted by atomic mass is 35.5. The van der Waals surface area contributed by atoms with Crippen LogP contribution in [0, 0.1) is 0 Å². The predicted molar refractivity (Wildman–Crippen MR) is 79.8 cm³/mol. The zero-order chi connectivity index (χ0) is 15.0. The maximum absolute atomic E-state index is 12.1. The van der Waals surface area contributed by atoms with Gasteiger partial charge in [-0.1, -0.05) is 23.7 Å². The number of nitrogens with zero attached hydrogens (tertiary/aromatic N) is 1. The van der Waals surface area contributed by atoms with Crippen molar-refractivity contribution in [2.24, 2.45) is 0 Å². The molecular formula is C15H18ClN3O2. The van der Waals surface area contributed by atoms with Gasteiger partial charge in [0, 0.05) is 24.2 Å². The number of halogens is 1. The van der Waals surface area contributed by atoms with Gasteiger partial charge in [0.15, 0.2) is 0 Å². The largest absolute Gasteiger partial charge is 0.343 e. The summed E-state index contributed by atoms with van der Waals surface area (Å²) < 4.78 is 0. The van der Waals surface area contributed by atoms with Crippen LogP contribution in [0.5, 0.6) is 0 Å². The van der Waals surface area contributed by atoms with Gasteiger partial charge in [-0.2, -0.15) is 0 Å². The molecule has 0 unspecified atom stereocenters. The second kappa shape index (κ2) is 5.66. The third-order valence-corrected chi connectivity index (χ3v) is 4.33. The zero-order valence-corrected chi connectivity index (χ0v) is 12.6. The number of rotatable bonds is 3. The van der Waals surface area contributed by atoms with Crippen molar-refractivity contribution < 1.29 is 9.59 Å². The molecule has 5 nitrogen and oxygen atoms in total. The van der Waals surface area contributed by atoms with Crippen molar-refractivity contribution in [1.82, 2.24) is 15.5 Å². The summed E-state index contributed by atoms with van der Waals surface area (Å²) in [7, 11) is 0. The molecule has 2 N–H and O–H groups in total. The lowest BCUT2D eigenvalue weighted by Crippen LogP contribution is -2.60. The summed E-state index contributed by atoms with van der Waals surface area (Å²) in [6.45, 7) is 2.99. The fraction of sp³-hybridized carbons (Fsp3) is 0.467. The van der Waals surface area contributed by atoms with E-state index >= 15 is 0 Å². The standard InChI is InChI=1S/C15H18ClN3O2/c1-9-15(21)19-8-12(6-13(19)14(20)18-9)17-7-10-3-2-4-11(16)5-10/h2-5,9,12-13,17H,6-8H2,1H3,(H,18,20)/t9-,12+,13+/m1/s1. The number of benzene rings is 1. The third-order valence-electron chi connectivity index (χ3n) is 4.10. The highest BCUT2D eigenvalue weighted by molar-refractivity contribution is 6.30. The lowest BCUT2D eigenvalue weighted by atomic mass is 10.1. The summed E-state index contributed by atoms with van der Waals surface area (Å²) in [5.41, 5.74) is 1.09. The quantitative estimate of drug-likeness (QED) is 0.873. The molecule has 0 radical (unpaired) electrons. The lowest BCUT2D eigenvalue weighted by molar-refractivity contribution is -0.146. The Kier molecular flexibility index (Phi) is 3.87. The van der Waals surface area contributed by atoms with Crippen molar-refractivity contribution >= 4 is 23.4 Å². The number of carbonyl (C=O) groups is 2. The van der Waals surface area contributed by atoms with Crippen LogP contribution in [0.15, 0.2) is 24.3 Å². The molecule has 112 valence electrons. The molecule has 2 aliphatic heterocycles. The number of nitrogens with one attached hydrogen (secondary N) is 2. The number of amides is 2. The Morgan fingerprint density at radius 3 is 3.00 bits per heavy atom. The Bertz CT molecular complexity index is 578. The van der Waals surface area contributed by atoms with E-state index < -0.39 is 6.04 Å². The van der Waals surface area contributed by atoms with Crippen molar-refractivity contribution in [2.45, 2.75) is 38.0 Å². The van der Waals surface area contributed by atoms with E-state index in [1.165, 1.54) is 0 Å². The minimum absolute atomic E-state index is 0.00616. The summed E-state index contributed by atoms with van der Waals surface area (Å²) in [6.07, 6.45) is 0.658. The Morgan fingerprint density at radius 1 is 1.43 bits per heavy atom. The first kappa shape index (κ1) is 14.4.